The molecule has 17 heavy (non-hydrogen) atoms. The second-order valence-electron chi connectivity index (χ2n) is 4.20. The molecule has 2 aromatic rings. The van der Waals surface area contributed by atoms with E-state index in [1.165, 1.54) is 5.56 Å². The lowest BCUT2D eigenvalue weighted by Gasteiger charge is -2.24. The standard InChI is InChI=1S/C13H14N2S2/c1-13(2,10-6-4-3-5-7-10)17-12(16)11-14-8-9-15-11/h3-9H,1-2H3,(H,14,15). The predicted molar refractivity (Wildman–Crippen MR) is 77.3 cm³/mol. The van der Waals surface area contributed by atoms with Crippen molar-refractivity contribution >= 4 is 28.2 Å². The number of aromatic nitrogens is 2. The molecule has 0 amide bonds. The number of benzene rings is 1. The Balaban J connectivity index is 2.15. The topological polar surface area (TPSA) is 28.7 Å². The van der Waals surface area contributed by atoms with E-state index in [2.05, 4.69) is 35.9 Å². The van der Waals surface area contributed by atoms with Crippen molar-refractivity contribution in [3.8, 4) is 0 Å². The van der Waals surface area contributed by atoms with Crippen molar-refractivity contribution < 1.29 is 0 Å². The maximum Gasteiger partial charge on any atom is 0.154 e. The van der Waals surface area contributed by atoms with E-state index in [-0.39, 0.29) is 4.75 Å². The number of hydrogen-bond acceptors (Lipinski definition) is 3. The zero-order valence-electron chi connectivity index (χ0n) is 9.81. The van der Waals surface area contributed by atoms with Crippen molar-refractivity contribution in [1.29, 1.82) is 0 Å². The highest BCUT2D eigenvalue weighted by atomic mass is 32.2. The number of rotatable bonds is 3. The van der Waals surface area contributed by atoms with Gasteiger partial charge in [0.2, 0.25) is 0 Å². The smallest absolute Gasteiger partial charge is 0.154 e. The van der Waals surface area contributed by atoms with Gasteiger partial charge in [0.1, 0.15) is 4.20 Å². The van der Waals surface area contributed by atoms with E-state index < -0.39 is 0 Å². The number of hydrogen-bond donors (Lipinski definition) is 1. The van der Waals surface area contributed by atoms with E-state index in [1.807, 2.05) is 18.2 Å². The van der Waals surface area contributed by atoms with Crippen LogP contribution in [0.2, 0.25) is 0 Å². The molecule has 2 rings (SSSR count). The molecule has 0 aliphatic rings. The molecule has 1 N–H and O–H groups in total. The third-order valence-corrected chi connectivity index (χ3v) is 4.08. The molecule has 0 aliphatic carbocycles. The highest BCUT2D eigenvalue weighted by Crippen LogP contribution is 2.37. The molecule has 0 bridgehead atoms. The Bertz CT molecular complexity index is 489. The van der Waals surface area contributed by atoms with Crippen LogP contribution < -0.4 is 0 Å². The van der Waals surface area contributed by atoms with Gasteiger partial charge in [0.25, 0.3) is 0 Å². The summed E-state index contributed by atoms with van der Waals surface area (Å²) < 4.78 is 0.745. The zero-order valence-corrected chi connectivity index (χ0v) is 11.4. The maximum absolute atomic E-state index is 5.39. The summed E-state index contributed by atoms with van der Waals surface area (Å²) in [6.45, 7) is 4.34. The van der Waals surface area contributed by atoms with Gasteiger partial charge in [-0.3, -0.25) is 0 Å². The highest BCUT2D eigenvalue weighted by molar-refractivity contribution is 8.24. The van der Waals surface area contributed by atoms with Gasteiger partial charge >= 0.3 is 0 Å². The molecular formula is C13H14N2S2. The molecule has 0 atom stereocenters. The van der Waals surface area contributed by atoms with Crippen LogP contribution >= 0.6 is 24.0 Å². The number of nitrogens with zero attached hydrogens (tertiary/aromatic N) is 1. The summed E-state index contributed by atoms with van der Waals surface area (Å²) in [4.78, 5) is 7.21. The minimum absolute atomic E-state index is 0.0505. The summed E-state index contributed by atoms with van der Waals surface area (Å²) >= 11 is 7.04. The Morgan fingerprint density at radius 2 is 2.00 bits per heavy atom. The van der Waals surface area contributed by atoms with E-state index in [1.54, 1.807) is 24.2 Å². The fraction of sp³-hybridized carbons (Fsp3) is 0.231. The Labute approximate surface area is 111 Å². The van der Waals surface area contributed by atoms with Crippen LogP contribution in [0.15, 0.2) is 42.7 Å². The van der Waals surface area contributed by atoms with Gasteiger partial charge in [0, 0.05) is 17.1 Å². The van der Waals surface area contributed by atoms with Gasteiger partial charge in [-0.2, -0.15) is 0 Å². The first-order valence-corrected chi connectivity index (χ1v) is 6.60. The Kier molecular flexibility index (Phi) is 3.64. The van der Waals surface area contributed by atoms with Gasteiger partial charge < -0.3 is 4.98 Å². The first-order chi connectivity index (χ1) is 8.09. The molecule has 4 heteroatoms. The Morgan fingerprint density at radius 1 is 1.29 bits per heavy atom. The Hall–Kier alpha value is -1.13. The summed E-state index contributed by atoms with van der Waals surface area (Å²) in [5, 5.41) is 0. The van der Waals surface area contributed by atoms with Crippen LogP contribution in [0.3, 0.4) is 0 Å². The molecule has 2 nitrogen and oxygen atoms in total. The highest BCUT2D eigenvalue weighted by Gasteiger charge is 2.24. The second kappa shape index (κ2) is 5.02. The van der Waals surface area contributed by atoms with E-state index in [9.17, 15) is 0 Å². The molecule has 0 aliphatic heterocycles. The molecule has 88 valence electrons. The maximum atomic E-state index is 5.39. The molecule has 0 unspecified atom stereocenters. The number of aromatic amines is 1. The van der Waals surface area contributed by atoms with Crippen molar-refractivity contribution in [2.45, 2.75) is 18.6 Å². The number of H-pyrrole nitrogens is 1. The number of thioether (sulfide) groups is 1. The summed E-state index contributed by atoms with van der Waals surface area (Å²) in [5.41, 5.74) is 1.26. The van der Waals surface area contributed by atoms with E-state index in [4.69, 9.17) is 12.2 Å². The molecule has 0 saturated carbocycles. The van der Waals surface area contributed by atoms with Crippen molar-refractivity contribution in [3.05, 3.63) is 54.1 Å². The predicted octanol–water partition coefficient (Wildman–Crippen LogP) is 3.75. The zero-order chi connectivity index (χ0) is 12.3. The normalized spacial score (nSPS) is 11.4. The fourth-order valence-corrected chi connectivity index (χ4v) is 3.22. The lowest BCUT2D eigenvalue weighted by atomic mass is 10.0. The summed E-state index contributed by atoms with van der Waals surface area (Å²) in [5.74, 6) is 0.772. The van der Waals surface area contributed by atoms with Gasteiger partial charge in [-0.1, -0.05) is 54.3 Å². The van der Waals surface area contributed by atoms with Crippen LogP contribution in [0.1, 0.15) is 25.2 Å². The van der Waals surface area contributed by atoms with Gasteiger partial charge in [-0.25, -0.2) is 4.98 Å². The van der Waals surface area contributed by atoms with Crippen molar-refractivity contribution in [2.75, 3.05) is 0 Å². The van der Waals surface area contributed by atoms with Crippen LogP contribution in [0.4, 0.5) is 0 Å². The molecule has 0 saturated heterocycles. The van der Waals surface area contributed by atoms with Gasteiger partial charge in [0.05, 0.1) is 0 Å². The minimum Gasteiger partial charge on any atom is -0.343 e. The number of nitrogens with one attached hydrogen (secondary N) is 1. The van der Waals surface area contributed by atoms with E-state index in [0.29, 0.717) is 0 Å². The minimum atomic E-state index is -0.0505. The monoisotopic (exact) mass is 262 g/mol. The molecule has 0 fully saturated rings. The SMILES string of the molecule is CC(C)(SC(=S)c1ncc[nH]1)c1ccccc1. The van der Waals surface area contributed by atoms with Crippen molar-refractivity contribution in [3.63, 3.8) is 0 Å². The van der Waals surface area contributed by atoms with E-state index in [0.717, 1.165) is 10.0 Å². The molecule has 0 spiro atoms. The van der Waals surface area contributed by atoms with Crippen molar-refractivity contribution in [1.82, 2.24) is 9.97 Å². The summed E-state index contributed by atoms with van der Waals surface area (Å²) in [6, 6.07) is 10.4. The third-order valence-electron chi connectivity index (χ3n) is 2.51. The van der Waals surface area contributed by atoms with Crippen LogP contribution in [0, 0.1) is 0 Å². The lowest BCUT2D eigenvalue weighted by molar-refractivity contribution is 0.788. The lowest BCUT2D eigenvalue weighted by Crippen LogP contribution is -2.15. The molecule has 0 radical (unpaired) electrons. The molecule has 1 aromatic heterocycles. The summed E-state index contributed by atoms with van der Waals surface area (Å²) in [6.07, 6.45) is 3.51. The first kappa shape index (κ1) is 12.3. The van der Waals surface area contributed by atoms with E-state index >= 15 is 0 Å². The van der Waals surface area contributed by atoms with Crippen LogP contribution in [0.5, 0.6) is 0 Å². The van der Waals surface area contributed by atoms with Gasteiger partial charge in [-0.15, -0.1) is 0 Å². The van der Waals surface area contributed by atoms with Crippen LogP contribution in [0.25, 0.3) is 0 Å². The summed E-state index contributed by atoms with van der Waals surface area (Å²) in [7, 11) is 0. The Morgan fingerprint density at radius 3 is 2.59 bits per heavy atom. The average molecular weight is 262 g/mol. The quantitative estimate of drug-likeness (QED) is 0.854. The molecule has 1 heterocycles. The van der Waals surface area contributed by atoms with Crippen molar-refractivity contribution in [2.24, 2.45) is 0 Å². The van der Waals surface area contributed by atoms with Gasteiger partial charge in [-0.05, 0) is 19.4 Å². The number of thiocarbonyl (C=S) groups is 1. The molecular weight excluding hydrogens is 248 g/mol. The molecule has 1 aromatic carbocycles. The fourth-order valence-electron chi connectivity index (χ4n) is 1.56. The first-order valence-electron chi connectivity index (χ1n) is 5.38. The van der Waals surface area contributed by atoms with Gasteiger partial charge in [0.15, 0.2) is 5.82 Å². The van der Waals surface area contributed by atoms with Crippen LogP contribution in [-0.4, -0.2) is 14.2 Å². The third kappa shape index (κ3) is 2.96. The van der Waals surface area contributed by atoms with Crippen LogP contribution in [-0.2, 0) is 4.75 Å². The average Bonchev–Trinajstić information content (AvgIpc) is 2.83. The second-order valence-corrected chi connectivity index (χ2v) is 6.50. The number of imidazole rings is 1. The largest absolute Gasteiger partial charge is 0.343 e.